The van der Waals surface area contributed by atoms with Gasteiger partial charge in [0.2, 0.25) is 11.0 Å². The molecule has 4 aromatic rings. The number of hydrogen-bond donors (Lipinski definition) is 2. The number of nitrogens with one attached hydrogen (secondary N) is 2. The molecule has 0 radical (unpaired) electrons. The minimum absolute atomic E-state index is 0.0706. The summed E-state index contributed by atoms with van der Waals surface area (Å²) in [6.07, 6.45) is 0. The van der Waals surface area contributed by atoms with Gasteiger partial charge in [-0.2, -0.15) is 0 Å². The van der Waals surface area contributed by atoms with Crippen LogP contribution in [0.1, 0.15) is 11.1 Å². The molecule has 0 aliphatic rings. The van der Waals surface area contributed by atoms with Crippen LogP contribution in [0, 0.1) is 13.8 Å². The van der Waals surface area contributed by atoms with Gasteiger partial charge in [-0.3, -0.25) is 4.79 Å². The second-order valence-electron chi connectivity index (χ2n) is 7.15. The van der Waals surface area contributed by atoms with E-state index >= 15 is 0 Å². The Morgan fingerprint density at radius 2 is 1.59 bits per heavy atom. The summed E-state index contributed by atoms with van der Waals surface area (Å²) in [6.45, 7) is 4.02. The Hall–Kier alpha value is -3.36. The van der Waals surface area contributed by atoms with Gasteiger partial charge in [0.1, 0.15) is 11.5 Å². The third-order valence-corrected chi connectivity index (χ3v) is 6.30. The Morgan fingerprint density at radius 3 is 2.31 bits per heavy atom. The van der Waals surface area contributed by atoms with E-state index in [1.165, 1.54) is 23.1 Å². The first-order chi connectivity index (χ1) is 15.5. The molecule has 0 fully saturated rings. The van der Waals surface area contributed by atoms with Crippen molar-refractivity contribution in [3.05, 3.63) is 83.9 Å². The molecule has 3 aromatic carbocycles. The van der Waals surface area contributed by atoms with E-state index < -0.39 is 0 Å². The summed E-state index contributed by atoms with van der Waals surface area (Å²) in [7, 11) is 0. The maximum atomic E-state index is 12.3. The number of aryl methyl sites for hydroxylation is 2. The van der Waals surface area contributed by atoms with Gasteiger partial charge in [0.05, 0.1) is 5.75 Å². The molecule has 1 aromatic heterocycles. The normalized spacial score (nSPS) is 10.6. The highest BCUT2D eigenvalue weighted by Gasteiger charge is 2.09. The van der Waals surface area contributed by atoms with Crippen LogP contribution in [-0.4, -0.2) is 21.9 Å². The molecule has 1 heterocycles. The second kappa shape index (κ2) is 10.3. The van der Waals surface area contributed by atoms with Gasteiger partial charge < -0.3 is 15.4 Å². The fourth-order valence-electron chi connectivity index (χ4n) is 3.04. The van der Waals surface area contributed by atoms with E-state index in [4.69, 9.17) is 4.74 Å². The fourth-order valence-corrected chi connectivity index (χ4v) is 4.62. The van der Waals surface area contributed by atoms with E-state index in [1.807, 2.05) is 80.6 Å². The van der Waals surface area contributed by atoms with Crippen LogP contribution in [-0.2, 0) is 4.79 Å². The summed E-state index contributed by atoms with van der Waals surface area (Å²) in [5, 5.41) is 15.1. The van der Waals surface area contributed by atoms with Gasteiger partial charge in [-0.1, -0.05) is 47.4 Å². The van der Waals surface area contributed by atoms with E-state index in [2.05, 4.69) is 26.9 Å². The number of carbonyl (C=O) groups excluding carboxylic acids is 1. The Morgan fingerprint density at radius 1 is 0.906 bits per heavy atom. The van der Waals surface area contributed by atoms with Crippen LogP contribution in [0.3, 0.4) is 0 Å². The maximum absolute atomic E-state index is 12.3. The van der Waals surface area contributed by atoms with Crippen LogP contribution < -0.4 is 15.4 Å². The SMILES string of the molecule is Cc1cc(C)cc(NC(=O)CSc2nnc(Nc3ccc(Oc4ccccc4)cc3)s2)c1. The van der Waals surface area contributed by atoms with Gasteiger partial charge in [-0.15, -0.1) is 10.2 Å². The summed E-state index contributed by atoms with van der Waals surface area (Å²) in [5.41, 5.74) is 3.93. The number of para-hydroxylation sites is 1. The van der Waals surface area contributed by atoms with Crippen LogP contribution in [0.4, 0.5) is 16.5 Å². The lowest BCUT2D eigenvalue weighted by Crippen LogP contribution is -2.14. The highest BCUT2D eigenvalue weighted by atomic mass is 32.2. The molecule has 0 saturated carbocycles. The van der Waals surface area contributed by atoms with Gasteiger partial charge in [0.25, 0.3) is 0 Å². The molecule has 0 atom stereocenters. The summed E-state index contributed by atoms with van der Waals surface area (Å²) in [6, 6.07) is 23.3. The summed E-state index contributed by atoms with van der Waals surface area (Å²) >= 11 is 2.77. The number of benzene rings is 3. The molecule has 6 nitrogen and oxygen atoms in total. The molecule has 32 heavy (non-hydrogen) atoms. The van der Waals surface area contributed by atoms with E-state index in [1.54, 1.807) is 0 Å². The topological polar surface area (TPSA) is 76.1 Å². The highest BCUT2D eigenvalue weighted by Crippen LogP contribution is 2.29. The lowest BCUT2D eigenvalue weighted by molar-refractivity contribution is -0.113. The van der Waals surface area contributed by atoms with E-state index in [0.717, 1.165) is 38.3 Å². The van der Waals surface area contributed by atoms with E-state index in [9.17, 15) is 4.79 Å². The fraction of sp³-hybridized carbons (Fsp3) is 0.125. The Bertz CT molecular complexity index is 1170. The minimum Gasteiger partial charge on any atom is -0.457 e. The van der Waals surface area contributed by atoms with E-state index in [-0.39, 0.29) is 11.7 Å². The van der Waals surface area contributed by atoms with Crippen LogP contribution in [0.15, 0.2) is 77.1 Å². The van der Waals surface area contributed by atoms with Crippen molar-refractivity contribution in [2.75, 3.05) is 16.4 Å². The minimum atomic E-state index is -0.0706. The van der Waals surface area contributed by atoms with Crippen molar-refractivity contribution in [1.82, 2.24) is 10.2 Å². The average Bonchev–Trinajstić information content (AvgIpc) is 3.21. The standard InChI is InChI=1S/C24H22N4O2S2/c1-16-12-17(2)14-19(13-16)25-22(29)15-31-24-28-27-23(32-24)26-18-8-10-21(11-9-18)30-20-6-4-3-5-7-20/h3-14H,15H2,1-2H3,(H,25,29)(H,26,27). The first kappa shape index (κ1) is 21.9. The molecule has 0 spiro atoms. The molecular weight excluding hydrogens is 440 g/mol. The molecule has 8 heteroatoms. The molecule has 0 aliphatic heterocycles. The summed E-state index contributed by atoms with van der Waals surface area (Å²) in [5.74, 6) is 1.75. The van der Waals surface area contributed by atoms with Gasteiger partial charge >= 0.3 is 0 Å². The van der Waals surface area contributed by atoms with Crippen LogP contribution in [0.2, 0.25) is 0 Å². The Labute approximate surface area is 195 Å². The van der Waals surface area contributed by atoms with Gasteiger partial charge in [-0.25, -0.2) is 0 Å². The number of thioether (sulfide) groups is 1. The molecule has 0 aliphatic carbocycles. The number of anilines is 3. The van der Waals surface area contributed by atoms with Crippen molar-refractivity contribution < 1.29 is 9.53 Å². The molecule has 1 amide bonds. The molecule has 162 valence electrons. The number of aromatic nitrogens is 2. The molecule has 2 N–H and O–H groups in total. The monoisotopic (exact) mass is 462 g/mol. The lowest BCUT2D eigenvalue weighted by atomic mass is 10.1. The third-order valence-electron chi connectivity index (χ3n) is 4.32. The van der Waals surface area contributed by atoms with Crippen LogP contribution >= 0.6 is 23.1 Å². The quantitative estimate of drug-likeness (QED) is 0.294. The zero-order valence-corrected chi connectivity index (χ0v) is 19.3. The molecule has 0 unspecified atom stereocenters. The van der Waals surface area contributed by atoms with Crippen molar-refractivity contribution >= 4 is 45.5 Å². The van der Waals surface area contributed by atoms with Crippen molar-refractivity contribution in [3.63, 3.8) is 0 Å². The maximum Gasteiger partial charge on any atom is 0.234 e. The largest absolute Gasteiger partial charge is 0.457 e. The molecular formula is C24H22N4O2S2. The number of amides is 1. The first-order valence-corrected chi connectivity index (χ1v) is 11.8. The molecule has 0 saturated heterocycles. The summed E-state index contributed by atoms with van der Waals surface area (Å²) < 4.78 is 6.53. The number of rotatable bonds is 8. The van der Waals surface area contributed by atoms with Crippen molar-refractivity contribution in [3.8, 4) is 11.5 Å². The second-order valence-corrected chi connectivity index (χ2v) is 9.35. The Kier molecular flexibility index (Phi) is 7.03. The molecule has 0 bridgehead atoms. The van der Waals surface area contributed by atoms with Crippen molar-refractivity contribution in [2.24, 2.45) is 0 Å². The first-order valence-electron chi connectivity index (χ1n) is 9.98. The number of nitrogens with zero attached hydrogens (tertiary/aromatic N) is 2. The Balaban J connectivity index is 1.27. The van der Waals surface area contributed by atoms with Crippen LogP contribution in [0.25, 0.3) is 0 Å². The van der Waals surface area contributed by atoms with Crippen molar-refractivity contribution in [2.45, 2.75) is 18.2 Å². The number of carbonyl (C=O) groups is 1. The molecule has 4 rings (SSSR count). The number of ether oxygens (including phenoxy) is 1. The highest BCUT2D eigenvalue weighted by molar-refractivity contribution is 8.01. The zero-order chi connectivity index (χ0) is 22.3. The van der Waals surface area contributed by atoms with Gasteiger partial charge in [0, 0.05) is 11.4 Å². The van der Waals surface area contributed by atoms with E-state index in [0.29, 0.717) is 5.13 Å². The number of hydrogen-bond acceptors (Lipinski definition) is 7. The van der Waals surface area contributed by atoms with Gasteiger partial charge in [0.15, 0.2) is 4.34 Å². The van der Waals surface area contributed by atoms with Crippen molar-refractivity contribution in [1.29, 1.82) is 0 Å². The zero-order valence-electron chi connectivity index (χ0n) is 17.7. The average molecular weight is 463 g/mol. The third kappa shape index (κ3) is 6.32. The summed E-state index contributed by atoms with van der Waals surface area (Å²) in [4.78, 5) is 12.3. The predicted molar refractivity (Wildman–Crippen MR) is 131 cm³/mol. The predicted octanol–water partition coefficient (Wildman–Crippen LogP) is 6.42. The lowest BCUT2D eigenvalue weighted by Gasteiger charge is -2.07. The van der Waals surface area contributed by atoms with Gasteiger partial charge in [-0.05, 0) is 73.5 Å². The smallest absolute Gasteiger partial charge is 0.234 e. The van der Waals surface area contributed by atoms with Crippen LogP contribution in [0.5, 0.6) is 11.5 Å².